The number of carbonyl (C=O) groups is 2. The normalized spacial score (nSPS) is 17.7. The van der Waals surface area contributed by atoms with E-state index in [1.54, 1.807) is 30.3 Å². The smallest absolute Gasteiger partial charge is 0.400 e. The molecule has 2 aromatic rings. The zero-order chi connectivity index (χ0) is 16.4. The van der Waals surface area contributed by atoms with Gasteiger partial charge in [0, 0.05) is 0 Å². The van der Waals surface area contributed by atoms with E-state index in [1.165, 1.54) is 12.1 Å². The molecule has 116 valence electrons. The first-order valence-electron chi connectivity index (χ1n) is 6.53. The van der Waals surface area contributed by atoms with E-state index >= 15 is 0 Å². The minimum absolute atomic E-state index is 0.0932. The van der Waals surface area contributed by atoms with Gasteiger partial charge in [0.1, 0.15) is 4.92 Å². The highest BCUT2D eigenvalue weighted by atomic mass is 16.6. The maximum absolute atomic E-state index is 11.9. The van der Waals surface area contributed by atoms with Gasteiger partial charge in [-0.3, -0.25) is 20.2 Å². The van der Waals surface area contributed by atoms with Gasteiger partial charge in [-0.2, -0.15) is 10.1 Å². The minimum Gasteiger partial charge on any atom is -0.400 e. The molecule has 1 aliphatic rings. The van der Waals surface area contributed by atoms with Crippen LogP contribution in [0.15, 0.2) is 52.0 Å². The molecule has 0 spiro atoms. The van der Waals surface area contributed by atoms with Gasteiger partial charge in [-0.25, -0.2) is 4.79 Å². The predicted octanol–water partition coefficient (Wildman–Crippen LogP) is 1.81. The molecule has 1 saturated heterocycles. The van der Waals surface area contributed by atoms with Crippen molar-refractivity contribution in [3.63, 3.8) is 0 Å². The number of nitro groups is 1. The van der Waals surface area contributed by atoms with Crippen LogP contribution in [0.3, 0.4) is 0 Å². The fourth-order valence-corrected chi connectivity index (χ4v) is 2.14. The van der Waals surface area contributed by atoms with Crippen LogP contribution in [0.1, 0.15) is 17.4 Å². The van der Waals surface area contributed by atoms with Gasteiger partial charge in [0.15, 0.2) is 11.8 Å². The first-order valence-corrected chi connectivity index (χ1v) is 6.53. The quantitative estimate of drug-likeness (QED) is 0.399. The molecule has 0 unspecified atom stereocenters. The van der Waals surface area contributed by atoms with Crippen molar-refractivity contribution < 1.29 is 18.9 Å². The van der Waals surface area contributed by atoms with Crippen LogP contribution < -0.4 is 5.32 Å². The van der Waals surface area contributed by atoms with Crippen molar-refractivity contribution in [1.29, 1.82) is 0 Å². The Morgan fingerprint density at radius 3 is 2.61 bits per heavy atom. The van der Waals surface area contributed by atoms with Crippen molar-refractivity contribution >= 4 is 24.0 Å². The van der Waals surface area contributed by atoms with Crippen molar-refractivity contribution in [3.05, 3.63) is 63.9 Å². The molecule has 3 rings (SSSR count). The molecule has 0 saturated carbocycles. The summed E-state index contributed by atoms with van der Waals surface area (Å²) in [5.74, 6) is -0.840. The Morgan fingerprint density at radius 2 is 1.96 bits per heavy atom. The molecular weight excluding hydrogens is 304 g/mol. The van der Waals surface area contributed by atoms with Crippen LogP contribution in [0.2, 0.25) is 0 Å². The maximum Gasteiger partial charge on any atom is 0.433 e. The zero-order valence-electron chi connectivity index (χ0n) is 11.6. The summed E-state index contributed by atoms with van der Waals surface area (Å²) in [5, 5.41) is 17.6. The third-order valence-electron chi connectivity index (χ3n) is 3.15. The fourth-order valence-electron chi connectivity index (χ4n) is 2.14. The molecule has 23 heavy (non-hydrogen) atoms. The molecule has 1 N–H and O–H groups in total. The van der Waals surface area contributed by atoms with Crippen LogP contribution in [0.4, 0.5) is 10.7 Å². The Hall–Kier alpha value is -3.49. The highest BCUT2D eigenvalue weighted by molar-refractivity contribution is 6.04. The van der Waals surface area contributed by atoms with Gasteiger partial charge >= 0.3 is 11.9 Å². The number of furan rings is 1. The van der Waals surface area contributed by atoms with Crippen molar-refractivity contribution in [2.75, 3.05) is 0 Å². The van der Waals surface area contributed by atoms with Gasteiger partial charge in [-0.15, -0.1) is 0 Å². The Morgan fingerprint density at radius 1 is 1.22 bits per heavy atom. The summed E-state index contributed by atoms with van der Waals surface area (Å²) >= 11 is 0. The number of benzene rings is 1. The summed E-state index contributed by atoms with van der Waals surface area (Å²) in [6, 6.07) is 9.60. The number of nitrogens with zero attached hydrogens (tertiary/aromatic N) is 3. The van der Waals surface area contributed by atoms with Crippen LogP contribution in [-0.2, 0) is 4.79 Å². The largest absolute Gasteiger partial charge is 0.433 e. The standard InChI is InChI=1S/C14H10N4O5/c19-13-12(9-4-2-1-3-5-9)17(14(20)16-13)15-8-10-6-7-11(23-10)18(21)22/h1-8,12H,(H,16,19,20)/b15-8-/t12-/m1/s1. The maximum atomic E-state index is 11.9. The fraction of sp³-hybridized carbons (Fsp3) is 0.0714. The Bertz CT molecular complexity index is 799. The number of imide groups is 1. The number of hydrazone groups is 1. The van der Waals surface area contributed by atoms with Crippen LogP contribution >= 0.6 is 0 Å². The summed E-state index contributed by atoms with van der Waals surface area (Å²) in [6.45, 7) is 0. The summed E-state index contributed by atoms with van der Waals surface area (Å²) in [7, 11) is 0. The highest BCUT2D eigenvalue weighted by Crippen LogP contribution is 2.26. The van der Waals surface area contributed by atoms with E-state index < -0.39 is 28.8 Å². The van der Waals surface area contributed by atoms with Gasteiger partial charge in [0.05, 0.1) is 12.3 Å². The molecular formula is C14H10N4O5. The minimum atomic E-state index is -0.898. The summed E-state index contributed by atoms with van der Waals surface area (Å²) in [5.41, 5.74) is 0.596. The lowest BCUT2D eigenvalue weighted by atomic mass is 10.1. The summed E-state index contributed by atoms with van der Waals surface area (Å²) in [6.07, 6.45) is 1.14. The van der Waals surface area contributed by atoms with Gasteiger partial charge < -0.3 is 4.42 Å². The van der Waals surface area contributed by atoms with Crippen molar-refractivity contribution in [1.82, 2.24) is 10.3 Å². The van der Waals surface area contributed by atoms with E-state index in [0.717, 1.165) is 11.2 Å². The number of nitrogens with one attached hydrogen (secondary N) is 1. The number of carbonyl (C=O) groups excluding carboxylic acids is 2. The molecule has 0 radical (unpaired) electrons. The van der Waals surface area contributed by atoms with Crippen LogP contribution in [0.25, 0.3) is 0 Å². The lowest BCUT2D eigenvalue weighted by Crippen LogP contribution is -2.24. The lowest BCUT2D eigenvalue weighted by Gasteiger charge is -2.15. The number of amides is 3. The topological polar surface area (TPSA) is 118 Å². The number of hydrogen-bond acceptors (Lipinski definition) is 6. The third kappa shape index (κ3) is 2.79. The SMILES string of the molecule is O=C1NC(=O)N(/N=C\c2ccc([N+](=O)[O-])o2)[C@@H]1c1ccccc1. The summed E-state index contributed by atoms with van der Waals surface area (Å²) in [4.78, 5) is 33.7. The van der Waals surface area contributed by atoms with Gasteiger partial charge in [-0.05, 0) is 11.6 Å². The van der Waals surface area contributed by atoms with Crippen molar-refractivity contribution in [2.45, 2.75) is 6.04 Å². The first-order chi connectivity index (χ1) is 11.1. The Kier molecular flexibility index (Phi) is 3.59. The zero-order valence-corrected chi connectivity index (χ0v) is 11.6. The molecule has 9 nitrogen and oxygen atoms in total. The van der Waals surface area contributed by atoms with Gasteiger partial charge in [0.2, 0.25) is 0 Å². The Labute approximate surface area is 129 Å². The lowest BCUT2D eigenvalue weighted by molar-refractivity contribution is -0.402. The number of hydrogen-bond donors (Lipinski definition) is 1. The van der Waals surface area contributed by atoms with Gasteiger partial charge in [-0.1, -0.05) is 30.3 Å². The van der Waals surface area contributed by atoms with E-state index in [-0.39, 0.29) is 5.76 Å². The predicted molar refractivity (Wildman–Crippen MR) is 77.5 cm³/mol. The second kappa shape index (κ2) is 5.72. The summed E-state index contributed by atoms with van der Waals surface area (Å²) < 4.78 is 4.92. The average molecular weight is 314 g/mol. The monoisotopic (exact) mass is 314 g/mol. The molecule has 1 aliphatic heterocycles. The molecule has 1 atom stereocenters. The highest BCUT2D eigenvalue weighted by Gasteiger charge is 2.39. The van der Waals surface area contributed by atoms with Gasteiger partial charge in [0.25, 0.3) is 5.91 Å². The van der Waals surface area contributed by atoms with Crippen LogP contribution in [-0.4, -0.2) is 28.1 Å². The second-order valence-corrected chi connectivity index (χ2v) is 4.63. The Balaban J connectivity index is 1.86. The van der Waals surface area contributed by atoms with Crippen molar-refractivity contribution in [2.24, 2.45) is 5.10 Å². The molecule has 0 bridgehead atoms. The number of rotatable bonds is 4. The van der Waals surface area contributed by atoms with E-state index in [4.69, 9.17) is 4.42 Å². The van der Waals surface area contributed by atoms with Crippen molar-refractivity contribution in [3.8, 4) is 0 Å². The van der Waals surface area contributed by atoms with Crippen LogP contribution in [0.5, 0.6) is 0 Å². The second-order valence-electron chi connectivity index (χ2n) is 4.63. The average Bonchev–Trinajstić information content (AvgIpc) is 3.10. The third-order valence-corrected chi connectivity index (χ3v) is 3.15. The van der Waals surface area contributed by atoms with E-state index in [9.17, 15) is 19.7 Å². The molecule has 0 aliphatic carbocycles. The van der Waals surface area contributed by atoms with E-state index in [2.05, 4.69) is 10.4 Å². The molecule has 2 heterocycles. The van der Waals surface area contributed by atoms with Crippen LogP contribution in [0, 0.1) is 10.1 Å². The molecule has 1 fully saturated rings. The molecule has 9 heteroatoms. The molecule has 1 aromatic heterocycles. The van der Waals surface area contributed by atoms with E-state index in [0.29, 0.717) is 5.56 Å². The first kappa shape index (κ1) is 14.4. The molecule has 3 amide bonds. The number of urea groups is 1. The van der Waals surface area contributed by atoms with E-state index in [1.807, 2.05) is 0 Å². The molecule has 1 aromatic carbocycles.